The van der Waals surface area contributed by atoms with Gasteiger partial charge in [0, 0.05) is 6.42 Å². The molecule has 4 aliphatic rings. The second-order valence-corrected chi connectivity index (χ2v) is 16.7. The molecule has 3 fully saturated rings. The smallest absolute Gasteiger partial charge is 0.460 e. The summed E-state index contributed by atoms with van der Waals surface area (Å²) in [6, 6.07) is 6.03. The normalized spacial score (nSPS) is 28.4. The van der Waals surface area contributed by atoms with Gasteiger partial charge in [-0.15, -0.1) is 0 Å². The van der Waals surface area contributed by atoms with E-state index in [1.165, 1.54) is 67.8 Å². The number of hydrogen-bond acceptors (Lipinski definition) is 3. The second-order valence-electron chi connectivity index (χ2n) is 15.5. The van der Waals surface area contributed by atoms with Gasteiger partial charge in [0.15, 0.2) is 0 Å². The Balaban J connectivity index is 0.997. The number of unbranched alkanes of at least 4 members (excludes halogenated alkanes) is 2. The number of fused-ring (bicyclic) bond motifs is 6. The molecule has 0 bridgehead atoms. The zero-order valence-electron chi connectivity index (χ0n) is 28.0. The van der Waals surface area contributed by atoms with Gasteiger partial charge in [-0.25, -0.2) is 0 Å². The highest BCUT2D eigenvalue weighted by Gasteiger charge is 2.81. The van der Waals surface area contributed by atoms with Crippen LogP contribution in [0.2, 0.25) is 0 Å². The molecule has 1 aromatic rings. The van der Waals surface area contributed by atoms with Crippen LogP contribution in [0.25, 0.3) is 0 Å². The molecule has 5 rings (SSSR count). The largest absolute Gasteiger partial charge is 0.508 e. The molecule has 3 saturated carbocycles. The highest BCUT2D eigenvalue weighted by molar-refractivity contribution is 7.99. The first kappa shape index (κ1) is 37.9. The first-order chi connectivity index (χ1) is 22.4. The summed E-state index contributed by atoms with van der Waals surface area (Å²) in [5.74, 6) is -15.3. The summed E-state index contributed by atoms with van der Waals surface area (Å²) >= 11 is 1.19. The molecule has 1 N–H and O–H groups in total. The van der Waals surface area contributed by atoms with Crippen molar-refractivity contribution in [3.05, 3.63) is 29.3 Å². The summed E-state index contributed by atoms with van der Waals surface area (Å²) in [6.07, 6.45) is 5.22. The van der Waals surface area contributed by atoms with E-state index < -0.39 is 36.8 Å². The molecule has 0 saturated heterocycles. The molecule has 0 aromatic heterocycles. The van der Waals surface area contributed by atoms with Crippen LogP contribution in [0.3, 0.4) is 0 Å². The van der Waals surface area contributed by atoms with Crippen LogP contribution in [-0.2, 0) is 6.42 Å². The summed E-state index contributed by atoms with van der Waals surface area (Å²) in [4.78, 5) is 2.18. The van der Waals surface area contributed by atoms with E-state index in [2.05, 4.69) is 17.9 Å². The molecule has 0 amide bonds. The molecular formula is C36H50F9NOS. The van der Waals surface area contributed by atoms with E-state index in [0.717, 1.165) is 44.7 Å². The van der Waals surface area contributed by atoms with Gasteiger partial charge >= 0.3 is 23.9 Å². The van der Waals surface area contributed by atoms with Crippen molar-refractivity contribution in [1.82, 2.24) is 4.90 Å². The lowest BCUT2D eigenvalue weighted by molar-refractivity contribution is -0.396. The summed E-state index contributed by atoms with van der Waals surface area (Å²) in [6.45, 7) is 4.24. The number of rotatable bonds is 16. The van der Waals surface area contributed by atoms with Crippen molar-refractivity contribution in [2.24, 2.45) is 28.6 Å². The molecular weight excluding hydrogens is 665 g/mol. The quantitative estimate of drug-likeness (QED) is 0.136. The third kappa shape index (κ3) is 7.09. The number of benzene rings is 1. The minimum absolute atomic E-state index is 0.0406. The Morgan fingerprint density at radius 1 is 0.833 bits per heavy atom. The van der Waals surface area contributed by atoms with Crippen molar-refractivity contribution in [3.63, 3.8) is 0 Å². The zero-order valence-corrected chi connectivity index (χ0v) is 28.8. The Morgan fingerprint density at radius 3 is 2.21 bits per heavy atom. The standard InChI is InChI=1S/C36H50F9NOS/c1-31-14-11-28-27-10-9-26(47)23-25(27)22-24(30(28)29(31)12-15-32(31)16-17-32)8-4-3-5-18-46(2)19-7-21-48-20-6-13-33(37,38)34(39,40)35(41,42)36(43,44)45/h9-10,23-24,28-30,47H,3-8,11-22H2,1-2H3/t24-,28?,29?,30?,31?/m1/s1. The number of halogens is 9. The SMILES string of the molecule is CN(CCCCC[C@@H]1Cc2cc(O)ccc2C2CCC3(C)C(CCC34CC4)C21)CCCSCCCC(F)(F)C(F)(F)C(F)(F)C(F)(F)F. The number of nitrogens with zero attached hydrogens (tertiary/aromatic N) is 1. The van der Waals surface area contributed by atoms with E-state index in [1.807, 2.05) is 19.2 Å². The van der Waals surface area contributed by atoms with Gasteiger partial charge < -0.3 is 10.0 Å². The monoisotopic (exact) mass is 715 g/mol. The molecule has 1 spiro atoms. The predicted octanol–water partition coefficient (Wildman–Crippen LogP) is 11.1. The highest BCUT2D eigenvalue weighted by atomic mass is 32.2. The molecule has 0 heterocycles. The number of phenolic OH excluding ortho intramolecular Hbond substituents is 1. The Labute approximate surface area is 283 Å². The van der Waals surface area contributed by atoms with Gasteiger partial charge in [-0.3, -0.25) is 0 Å². The minimum Gasteiger partial charge on any atom is -0.508 e. The van der Waals surface area contributed by atoms with Gasteiger partial charge in [0.1, 0.15) is 5.75 Å². The third-order valence-electron chi connectivity index (χ3n) is 12.7. The first-order valence-corrected chi connectivity index (χ1v) is 18.8. The van der Waals surface area contributed by atoms with Gasteiger partial charge in [0.2, 0.25) is 0 Å². The molecule has 0 aliphatic heterocycles. The molecule has 2 nitrogen and oxygen atoms in total. The number of hydrogen-bond donors (Lipinski definition) is 1. The fourth-order valence-electron chi connectivity index (χ4n) is 9.84. The Kier molecular flexibility index (Phi) is 11.1. The molecule has 0 radical (unpaired) electrons. The van der Waals surface area contributed by atoms with Gasteiger partial charge in [0.05, 0.1) is 0 Å². The molecule has 12 heteroatoms. The molecule has 4 aliphatic carbocycles. The van der Waals surface area contributed by atoms with Gasteiger partial charge in [-0.1, -0.05) is 25.8 Å². The summed E-state index contributed by atoms with van der Waals surface area (Å²) in [5, 5.41) is 10.2. The van der Waals surface area contributed by atoms with Crippen LogP contribution >= 0.6 is 11.8 Å². The second kappa shape index (κ2) is 14.0. The van der Waals surface area contributed by atoms with Crippen LogP contribution < -0.4 is 0 Å². The summed E-state index contributed by atoms with van der Waals surface area (Å²) in [5.41, 5.74) is 3.86. The van der Waals surface area contributed by atoms with Crippen molar-refractivity contribution in [2.45, 2.75) is 127 Å². The van der Waals surface area contributed by atoms with Gasteiger partial charge in [-0.05, 0) is 160 Å². The van der Waals surface area contributed by atoms with E-state index in [0.29, 0.717) is 46.5 Å². The number of thioether (sulfide) groups is 1. The number of phenols is 1. The number of alkyl halides is 9. The van der Waals surface area contributed by atoms with Crippen LogP contribution in [0, 0.1) is 28.6 Å². The third-order valence-corrected chi connectivity index (χ3v) is 13.9. The maximum absolute atomic E-state index is 13.7. The maximum Gasteiger partial charge on any atom is 0.460 e. The molecule has 5 atom stereocenters. The van der Waals surface area contributed by atoms with Crippen molar-refractivity contribution < 1.29 is 44.6 Å². The van der Waals surface area contributed by atoms with E-state index in [9.17, 15) is 44.6 Å². The topological polar surface area (TPSA) is 23.5 Å². The van der Waals surface area contributed by atoms with E-state index in [1.54, 1.807) is 0 Å². The lowest BCUT2D eigenvalue weighted by Gasteiger charge is -2.54. The van der Waals surface area contributed by atoms with Crippen LogP contribution in [0.1, 0.15) is 107 Å². The van der Waals surface area contributed by atoms with Crippen LogP contribution in [0.15, 0.2) is 18.2 Å². The maximum atomic E-state index is 13.7. The Morgan fingerprint density at radius 2 is 1.52 bits per heavy atom. The summed E-state index contributed by atoms with van der Waals surface area (Å²) < 4.78 is 117. The average Bonchev–Trinajstić information content (AvgIpc) is 3.74. The van der Waals surface area contributed by atoms with E-state index >= 15 is 0 Å². The molecule has 1 aromatic carbocycles. The van der Waals surface area contributed by atoms with Crippen molar-refractivity contribution in [3.8, 4) is 5.75 Å². The average molecular weight is 716 g/mol. The Hall–Kier alpha value is -1.30. The molecule has 274 valence electrons. The van der Waals surface area contributed by atoms with Crippen LogP contribution in [-0.4, -0.2) is 65.6 Å². The van der Waals surface area contributed by atoms with Crippen LogP contribution in [0.5, 0.6) is 5.75 Å². The van der Waals surface area contributed by atoms with Crippen molar-refractivity contribution in [1.29, 1.82) is 0 Å². The van der Waals surface area contributed by atoms with Crippen LogP contribution in [0.4, 0.5) is 39.5 Å². The van der Waals surface area contributed by atoms with Crippen molar-refractivity contribution in [2.75, 3.05) is 31.6 Å². The minimum atomic E-state index is -6.82. The molecule has 4 unspecified atom stereocenters. The molecule has 48 heavy (non-hydrogen) atoms. The first-order valence-electron chi connectivity index (χ1n) is 17.7. The number of aromatic hydroxyl groups is 1. The van der Waals surface area contributed by atoms with E-state index in [4.69, 9.17) is 0 Å². The fraction of sp³-hybridized carbons (Fsp3) is 0.833. The Bertz CT molecular complexity index is 1250. The van der Waals surface area contributed by atoms with Gasteiger partial charge in [-0.2, -0.15) is 51.3 Å². The lowest BCUT2D eigenvalue weighted by Crippen LogP contribution is -2.60. The predicted molar refractivity (Wildman–Crippen MR) is 171 cm³/mol. The van der Waals surface area contributed by atoms with Gasteiger partial charge in [0.25, 0.3) is 0 Å². The van der Waals surface area contributed by atoms with Crippen molar-refractivity contribution >= 4 is 11.8 Å². The summed E-state index contributed by atoms with van der Waals surface area (Å²) in [7, 11) is 2.00. The highest BCUT2D eigenvalue weighted by Crippen LogP contribution is 2.76. The lowest BCUT2D eigenvalue weighted by atomic mass is 9.50. The van der Waals surface area contributed by atoms with E-state index in [-0.39, 0.29) is 5.75 Å². The fourth-order valence-corrected chi connectivity index (χ4v) is 10.7. The zero-order chi connectivity index (χ0) is 35.2.